The van der Waals surface area contributed by atoms with Crippen LogP contribution < -0.4 is 0 Å². The van der Waals surface area contributed by atoms with Crippen LogP contribution in [0.2, 0.25) is 0 Å². The third-order valence-electron chi connectivity index (χ3n) is 3.37. The van der Waals surface area contributed by atoms with E-state index in [9.17, 15) is 0 Å². The SMILES string of the molecule is CC1CSSC(C)(C)C1(C)C. The van der Waals surface area contributed by atoms with Gasteiger partial charge in [-0.3, -0.25) is 0 Å². The lowest BCUT2D eigenvalue weighted by Gasteiger charge is -2.48. The highest BCUT2D eigenvalue weighted by Gasteiger charge is 2.44. The zero-order valence-corrected chi connectivity index (χ0v) is 9.73. The van der Waals surface area contributed by atoms with Crippen molar-refractivity contribution in [3.05, 3.63) is 0 Å². The van der Waals surface area contributed by atoms with Crippen molar-refractivity contribution in [1.82, 2.24) is 0 Å². The average molecular weight is 190 g/mol. The molecule has 0 aliphatic carbocycles. The molecule has 1 atom stereocenters. The number of hydrogen-bond donors (Lipinski definition) is 0. The predicted molar refractivity (Wildman–Crippen MR) is 57.1 cm³/mol. The van der Waals surface area contributed by atoms with Crippen LogP contribution in [-0.4, -0.2) is 10.5 Å². The van der Waals surface area contributed by atoms with Crippen molar-refractivity contribution in [3.8, 4) is 0 Å². The fourth-order valence-corrected chi connectivity index (χ4v) is 4.94. The van der Waals surface area contributed by atoms with Gasteiger partial charge in [-0.2, -0.15) is 0 Å². The van der Waals surface area contributed by atoms with E-state index in [0.717, 1.165) is 5.92 Å². The molecule has 1 saturated heterocycles. The van der Waals surface area contributed by atoms with Gasteiger partial charge in [0.2, 0.25) is 0 Å². The Kier molecular flexibility index (Phi) is 2.56. The minimum Gasteiger partial charge on any atom is -0.0933 e. The molecule has 0 spiro atoms. The summed E-state index contributed by atoms with van der Waals surface area (Å²) in [7, 11) is 4.08. The first kappa shape index (κ1) is 9.79. The van der Waals surface area contributed by atoms with Crippen LogP contribution in [0.15, 0.2) is 0 Å². The largest absolute Gasteiger partial charge is 0.0933 e. The molecule has 1 aliphatic rings. The zero-order chi connectivity index (χ0) is 8.70. The van der Waals surface area contributed by atoms with Crippen LogP contribution in [0, 0.1) is 11.3 Å². The Bertz CT molecular complexity index is 150. The van der Waals surface area contributed by atoms with E-state index in [1.165, 1.54) is 5.75 Å². The minimum absolute atomic E-state index is 0.426. The fourth-order valence-electron chi connectivity index (χ4n) is 1.19. The van der Waals surface area contributed by atoms with Crippen LogP contribution in [0.3, 0.4) is 0 Å². The van der Waals surface area contributed by atoms with Gasteiger partial charge in [-0.25, -0.2) is 0 Å². The van der Waals surface area contributed by atoms with E-state index in [-0.39, 0.29) is 0 Å². The summed E-state index contributed by atoms with van der Waals surface area (Å²) in [6.07, 6.45) is 0. The second-order valence-electron chi connectivity index (χ2n) is 4.50. The van der Waals surface area contributed by atoms with Gasteiger partial charge in [0.05, 0.1) is 0 Å². The molecule has 0 N–H and O–H groups in total. The molecule has 66 valence electrons. The van der Waals surface area contributed by atoms with E-state index in [1.807, 2.05) is 21.6 Å². The summed E-state index contributed by atoms with van der Waals surface area (Å²) in [4.78, 5) is 0. The third-order valence-corrected chi connectivity index (χ3v) is 7.08. The average Bonchev–Trinajstić information content (AvgIpc) is 1.84. The summed E-state index contributed by atoms with van der Waals surface area (Å²) < 4.78 is 0.426. The molecule has 0 saturated carbocycles. The molecule has 1 heterocycles. The maximum Gasteiger partial charge on any atom is 0.0261 e. The topological polar surface area (TPSA) is 0 Å². The van der Waals surface area contributed by atoms with Crippen molar-refractivity contribution in [1.29, 1.82) is 0 Å². The van der Waals surface area contributed by atoms with Crippen LogP contribution in [0.25, 0.3) is 0 Å². The molecule has 2 heteroatoms. The van der Waals surface area contributed by atoms with Gasteiger partial charge in [0, 0.05) is 10.5 Å². The van der Waals surface area contributed by atoms with Crippen molar-refractivity contribution in [2.24, 2.45) is 11.3 Å². The van der Waals surface area contributed by atoms with Crippen molar-refractivity contribution < 1.29 is 0 Å². The first-order valence-electron chi connectivity index (χ1n) is 4.18. The summed E-state index contributed by atoms with van der Waals surface area (Å²) >= 11 is 0. The normalized spacial score (nSPS) is 35.2. The van der Waals surface area contributed by atoms with E-state index in [2.05, 4.69) is 34.6 Å². The monoisotopic (exact) mass is 190 g/mol. The first-order valence-corrected chi connectivity index (χ1v) is 6.50. The third kappa shape index (κ3) is 1.57. The van der Waals surface area contributed by atoms with E-state index in [0.29, 0.717) is 10.2 Å². The van der Waals surface area contributed by atoms with Crippen LogP contribution in [0.5, 0.6) is 0 Å². The quantitative estimate of drug-likeness (QED) is 0.533. The van der Waals surface area contributed by atoms with Crippen molar-refractivity contribution in [2.75, 3.05) is 5.75 Å². The molecule has 0 aromatic heterocycles. The molecule has 0 radical (unpaired) electrons. The molecule has 0 amide bonds. The summed E-state index contributed by atoms with van der Waals surface area (Å²) in [5, 5.41) is 0. The van der Waals surface area contributed by atoms with E-state index < -0.39 is 0 Å². The maximum absolute atomic E-state index is 2.39. The highest BCUT2D eigenvalue weighted by molar-refractivity contribution is 8.77. The second kappa shape index (κ2) is 2.88. The van der Waals surface area contributed by atoms with Gasteiger partial charge in [-0.15, -0.1) is 0 Å². The Hall–Kier alpha value is 0.700. The summed E-state index contributed by atoms with van der Waals surface area (Å²) in [5.41, 5.74) is 0.475. The van der Waals surface area contributed by atoms with Gasteiger partial charge >= 0.3 is 0 Å². The van der Waals surface area contributed by atoms with Crippen LogP contribution in [0.1, 0.15) is 34.6 Å². The molecular weight excluding hydrogens is 172 g/mol. The summed E-state index contributed by atoms with van der Waals surface area (Å²) in [6, 6.07) is 0. The van der Waals surface area contributed by atoms with Crippen LogP contribution in [-0.2, 0) is 0 Å². The molecule has 11 heavy (non-hydrogen) atoms. The Balaban J connectivity index is 2.82. The van der Waals surface area contributed by atoms with Gasteiger partial charge in [0.1, 0.15) is 0 Å². The highest BCUT2D eigenvalue weighted by Crippen LogP contribution is 2.56. The smallest absolute Gasteiger partial charge is 0.0261 e. The van der Waals surface area contributed by atoms with Crippen LogP contribution in [0.4, 0.5) is 0 Å². The molecule has 1 unspecified atom stereocenters. The standard InChI is InChI=1S/C9H18S2/c1-7-6-10-11-9(4,5)8(7,2)3/h7H,6H2,1-5H3. The predicted octanol–water partition coefficient (Wildman–Crippen LogP) is 3.82. The minimum atomic E-state index is 0.426. The lowest BCUT2D eigenvalue weighted by atomic mass is 9.71. The lowest BCUT2D eigenvalue weighted by Crippen LogP contribution is -2.43. The fraction of sp³-hybridized carbons (Fsp3) is 1.00. The lowest BCUT2D eigenvalue weighted by molar-refractivity contribution is 0.194. The summed E-state index contributed by atoms with van der Waals surface area (Å²) in [6.45, 7) is 11.9. The Labute approximate surface area is 78.3 Å². The highest BCUT2D eigenvalue weighted by atomic mass is 33.1. The van der Waals surface area contributed by atoms with Gasteiger partial charge in [0.15, 0.2) is 0 Å². The Morgan fingerprint density at radius 2 is 1.73 bits per heavy atom. The molecular formula is C9H18S2. The molecule has 1 rings (SSSR count). The summed E-state index contributed by atoms with van der Waals surface area (Å²) in [5.74, 6) is 2.14. The van der Waals surface area contributed by atoms with Crippen molar-refractivity contribution >= 4 is 21.6 Å². The Morgan fingerprint density at radius 1 is 1.18 bits per heavy atom. The van der Waals surface area contributed by atoms with E-state index in [4.69, 9.17) is 0 Å². The number of rotatable bonds is 0. The maximum atomic E-state index is 2.39. The van der Waals surface area contributed by atoms with Crippen molar-refractivity contribution in [3.63, 3.8) is 0 Å². The molecule has 1 aliphatic heterocycles. The van der Waals surface area contributed by atoms with Gasteiger partial charge in [-0.05, 0) is 25.2 Å². The van der Waals surface area contributed by atoms with Gasteiger partial charge < -0.3 is 0 Å². The van der Waals surface area contributed by atoms with E-state index in [1.54, 1.807) is 0 Å². The number of hydrogen-bond acceptors (Lipinski definition) is 2. The van der Waals surface area contributed by atoms with Crippen molar-refractivity contribution in [2.45, 2.75) is 39.4 Å². The van der Waals surface area contributed by atoms with Gasteiger partial charge in [0.25, 0.3) is 0 Å². The van der Waals surface area contributed by atoms with Crippen LogP contribution >= 0.6 is 21.6 Å². The first-order chi connectivity index (χ1) is 4.88. The molecule has 1 fully saturated rings. The molecule has 0 aromatic rings. The molecule has 0 nitrogen and oxygen atoms in total. The van der Waals surface area contributed by atoms with E-state index >= 15 is 0 Å². The molecule has 0 aromatic carbocycles. The Morgan fingerprint density at radius 3 is 2.09 bits per heavy atom. The molecule has 0 bridgehead atoms. The second-order valence-corrected chi connectivity index (χ2v) is 7.46. The zero-order valence-electron chi connectivity index (χ0n) is 8.10. The van der Waals surface area contributed by atoms with Gasteiger partial charge in [-0.1, -0.05) is 42.4 Å².